The van der Waals surface area contributed by atoms with E-state index in [2.05, 4.69) is 11.0 Å². The van der Waals surface area contributed by atoms with Crippen molar-refractivity contribution in [3.8, 4) is 0 Å². The van der Waals surface area contributed by atoms with Crippen molar-refractivity contribution in [1.29, 1.82) is 0 Å². The van der Waals surface area contributed by atoms with E-state index in [4.69, 9.17) is 9.47 Å². The molecule has 1 aliphatic rings. The molecule has 1 atom stereocenters. The van der Waals surface area contributed by atoms with E-state index in [0.29, 0.717) is 0 Å². The van der Waals surface area contributed by atoms with Crippen LogP contribution in [0.15, 0.2) is 17.5 Å². The highest BCUT2D eigenvalue weighted by atomic mass is 32.1. The first-order valence-electron chi connectivity index (χ1n) is 6.20. The number of morpholine rings is 1. The Bertz CT molecular complexity index is 360. The first kappa shape index (κ1) is 13.5. The van der Waals surface area contributed by atoms with Crippen LogP contribution >= 0.6 is 11.3 Å². The van der Waals surface area contributed by atoms with Crippen molar-refractivity contribution in [3.05, 3.63) is 22.4 Å². The van der Waals surface area contributed by atoms with Crippen LogP contribution in [0, 0.1) is 5.92 Å². The van der Waals surface area contributed by atoms with E-state index in [0.717, 1.165) is 39.3 Å². The first-order chi connectivity index (χ1) is 8.79. The Balaban J connectivity index is 1.93. The van der Waals surface area contributed by atoms with Gasteiger partial charge in [0.15, 0.2) is 0 Å². The number of hydrogen-bond acceptors (Lipinski definition) is 5. The lowest BCUT2D eigenvalue weighted by molar-refractivity contribution is -0.146. The zero-order valence-electron chi connectivity index (χ0n) is 10.6. The van der Waals surface area contributed by atoms with Crippen molar-refractivity contribution in [1.82, 2.24) is 4.90 Å². The third-order valence-corrected chi connectivity index (χ3v) is 4.04. The van der Waals surface area contributed by atoms with E-state index in [1.807, 2.05) is 11.4 Å². The molecular weight excluding hydrogens is 250 g/mol. The average Bonchev–Trinajstić information content (AvgIpc) is 2.91. The fourth-order valence-corrected chi connectivity index (χ4v) is 2.94. The van der Waals surface area contributed by atoms with Crippen molar-refractivity contribution in [2.45, 2.75) is 6.42 Å². The van der Waals surface area contributed by atoms with Crippen LogP contribution in [0.5, 0.6) is 0 Å². The normalized spacial score (nSPS) is 18.5. The van der Waals surface area contributed by atoms with Gasteiger partial charge in [0.05, 0.1) is 26.2 Å². The summed E-state index contributed by atoms with van der Waals surface area (Å²) in [5.74, 6) is -0.193. The highest BCUT2D eigenvalue weighted by Crippen LogP contribution is 2.17. The number of methoxy groups -OCH3 is 1. The highest BCUT2D eigenvalue weighted by Gasteiger charge is 2.24. The molecule has 0 spiro atoms. The van der Waals surface area contributed by atoms with Crippen molar-refractivity contribution in [2.24, 2.45) is 5.92 Å². The third kappa shape index (κ3) is 3.80. The summed E-state index contributed by atoms with van der Waals surface area (Å²) < 4.78 is 10.2. The van der Waals surface area contributed by atoms with Gasteiger partial charge in [-0.2, -0.15) is 0 Å². The molecule has 1 fully saturated rings. The van der Waals surface area contributed by atoms with Crippen molar-refractivity contribution >= 4 is 17.3 Å². The van der Waals surface area contributed by atoms with E-state index >= 15 is 0 Å². The Morgan fingerprint density at radius 2 is 2.33 bits per heavy atom. The Morgan fingerprint density at radius 3 is 2.94 bits per heavy atom. The Labute approximate surface area is 111 Å². The number of hydrogen-bond donors (Lipinski definition) is 0. The van der Waals surface area contributed by atoms with Gasteiger partial charge in [-0.25, -0.2) is 0 Å². The molecule has 2 rings (SSSR count). The minimum atomic E-state index is -0.116. The molecule has 5 heteroatoms. The average molecular weight is 269 g/mol. The molecule has 1 aliphatic heterocycles. The minimum absolute atomic E-state index is 0.0771. The predicted octanol–water partition coefficient (Wildman–Crippen LogP) is 1.41. The zero-order chi connectivity index (χ0) is 12.8. The van der Waals surface area contributed by atoms with Gasteiger partial charge in [0.2, 0.25) is 0 Å². The fraction of sp³-hybridized carbons (Fsp3) is 0.615. The second-order valence-corrected chi connectivity index (χ2v) is 5.45. The SMILES string of the molecule is COC(=O)C(Cc1cccs1)CN1CCOCC1. The second kappa shape index (κ2) is 6.87. The second-order valence-electron chi connectivity index (χ2n) is 4.42. The van der Waals surface area contributed by atoms with E-state index in [-0.39, 0.29) is 11.9 Å². The summed E-state index contributed by atoms with van der Waals surface area (Å²) >= 11 is 1.69. The molecule has 4 nitrogen and oxygen atoms in total. The Morgan fingerprint density at radius 1 is 1.56 bits per heavy atom. The number of esters is 1. The lowest BCUT2D eigenvalue weighted by atomic mass is 10.0. The zero-order valence-corrected chi connectivity index (χ0v) is 11.4. The first-order valence-corrected chi connectivity index (χ1v) is 7.08. The third-order valence-electron chi connectivity index (χ3n) is 3.14. The molecule has 0 N–H and O–H groups in total. The topological polar surface area (TPSA) is 38.8 Å². The van der Waals surface area contributed by atoms with Crippen molar-refractivity contribution in [3.63, 3.8) is 0 Å². The molecule has 100 valence electrons. The summed E-state index contributed by atoms with van der Waals surface area (Å²) in [5, 5.41) is 2.04. The van der Waals surface area contributed by atoms with Crippen molar-refractivity contribution in [2.75, 3.05) is 40.0 Å². The number of rotatable bonds is 5. The lowest BCUT2D eigenvalue weighted by Crippen LogP contribution is -2.41. The largest absolute Gasteiger partial charge is 0.469 e. The molecule has 1 saturated heterocycles. The molecule has 0 saturated carbocycles. The smallest absolute Gasteiger partial charge is 0.310 e. The van der Waals surface area contributed by atoms with E-state index in [1.54, 1.807) is 11.3 Å². The molecule has 0 amide bonds. The Hall–Kier alpha value is -0.910. The van der Waals surface area contributed by atoms with Crippen molar-refractivity contribution < 1.29 is 14.3 Å². The maximum atomic E-state index is 11.8. The molecule has 1 aromatic rings. The van der Waals surface area contributed by atoms with Gasteiger partial charge in [-0.3, -0.25) is 9.69 Å². The summed E-state index contributed by atoms with van der Waals surface area (Å²) in [5.41, 5.74) is 0. The molecule has 0 aromatic carbocycles. The number of ether oxygens (including phenoxy) is 2. The van der Waals surface area contributed by atoms with Gasteiger partial charge in [0.25, 0.3) is 0 Å². The van der Waals surface area contributed by atoms with Crippen LogP contribution in [0.4, 0.5) is 0 Å². The van der Waals surface area contributed by atoms with Crippen LogP contribution in [0.3, 0.4) is 0 Å². The Kier molecular flexibility index (Phi) is 5.16. The molecular formula is C13H19NO3S. The van der Waals surface area contributed by atoms with E-state index in [9.17, 15) is 4.79 Å². The molecule has 1 aromatic heterocycles. The van der Waals surface area contributed by atoms with Crippen LogP contribution in [-0.2, 0) is 20.7 Å². The van der Waals surface area contributed by atoms with Crippen LogP contribution in [0.25, 0.3) is 0 Å². The number of carbonyl (C=O) groups is 1. The van der Waals surface area contributed by atoms with Crippen LogP contribution in [0.2, 0.25) is 0 Å². The summed E-state index contributed by atoms with van der Waals surface area (Å²) in [6.07, 6.45) is 0.766. The molecule has 1 unspecified atom stereocenters. The summed E-state index contributed by atoms with van der Waals surface area (Å²) in [4.78, 5) is 15.3. The van der Waals surface area contributed by atoms with Gasteiger partial charge in [-0.05, 0) is 17.9 Å². The van der Waals surface area contributed by atoms with Gasteiger partial charge in [-0.1, -0.05) is 6.07 Å². The minimum Gasteiger partial charge on any atom is -0.469 e. The van der Waals surface area contributed by atoms with Crippen LogP contribution < -0.4 is 0 Å². The van der Waals surface area contributed by atoms with Gasteiger partial charge in [-0.15, -0.1) is 11.3 Å². The number of nitrogens with zero attached hydrogens (tertiary/aromatic N) is 1. The van der Waals surface area contributed by atoms with E-state index in [1.165, 1.54) is 12.0 Å². The maximum Gasteiger partial charge on any atom is 0.310 e. The summed E-state index contributed by atoms with van der Waals surface area (Å²) in [6.45, 7) is 4.07. The van der Waals surface area contributed by atoms with Crippen LogP contribution in [-0.4, -0.2) is 50.8 Å². The lowest BCUT2D eigenvalue weighted by Gasteiger charge is -2.29. The molecule has 0 bridgehead atoms. The monoisotopic (exact) mass is 269 g/mol. The maximum absolute atomic E-state index is 11.8. The van der Waals surface area contributed by atoms with Crippen LogP contribution in [0.1, 0.15) is 4.88 Å². The standard InChI is InChI=1S/C13H19NO3S/c1-16-13(15)11(9-12-3-2-8-18-12)10-14-4-6-17-7-5-14/h2-3,8,11H,4-7,9-10H2,1H3. The van der Waals surface area contributed by atoms with Gasteiger partial charge in [0.1, 0.15) is 0 Å². The quantitative estimate of drug-likeness (QED) is 0.758. The fourth-order valence-electron chi connectivity index (χ4n) is 2.16. The number of carbonyl (C=O) groups excluding carboxylic acids is 1. The molecule has 0 radical (unpaired) electrons. The van der Waals surface area contributed by atoms with E-state index < -0.39 is 0 Å². The molecule has 18 heavy (non-hydrogen) atoms. The highest BCUT2D eigenvalue weighted by molar-refractivity contribution is 7.09. The van der Waals surface area contributed by atoms with Gasteiger partial charge in [0, 0.05) is 24.5 Å². The predicted molar refractivity (Wildman–Crippen MR) is 70.8 cm³/mol. The molecule has 2 heterocycles. The van der Waals surface area contributed by atoms with Gasteiger partial charge < -0.3 is 9.47 Å². The molecule has 0 aliphatic carbocycles. The summed E-state index contributed by atoms with van der Waals surface area (Å²) in [6, 6.07) is 4.09. The van der Waals surface area contributed by atoms with Gasteiger partial charge >= 0.3 is 5.97 Å². The summed E-state index contributed by atoms with van der Waals surface area (Å²) in [7, 11) is 1.46. The number of thiophene rings is 1.